The first-order valence-electron chi connectivity index (χ1n) is 14.8. The molecule has 5 rings (SSSR count). The van der Waals surface area contributed by atoms with Crippen LogP contribution in [0.25, 0.3) is 0 Å². The van der Waals surface area contributed by atoms with Crippen LogP contribution in [0.3, 0.4) is 0 Å². The lowest BCUT2D eigenvalue weighted by Gasteiger charge is -2.38. The quantitative estimate of drug-likeness (QED) is 0.258. The van der Waals surface area contributed by atoms with Crippen LogP contribution >= 0.6 is 27.7 Å². The van der Waals surface area contributed by atoms with Crippen LogP contribution < -0.4 is 4.90 Å². The van der Waals surface area contributed by atoms with Gasteiger partial charge < -0.3 is 19.8 Å². The first-order valence-corrected chi connectivity index (χ1v) is 16.6. The summed E-state index contributed by atoms with van der Waals surface area (Å²) in [6.45, 7) is 13.0. The number of anilines is 1. The van der Waals surface area contributed by atoms with Crippen molar-refractivity contribution in [2.75, 3.05) is 31.1 Å². The van der Waals surface area contributed by atoms with E-state index in [1.807, 2.05) is 62.4 Å². The Kier molecular flexibility index (Phi) is 9.54. The van der Waals surface area contributed by atoms with Crippen molar-refractivity contribution in [2.45, 2.75) is 54.1 Å². The molecule has 1 spiro atoms. The topological polar surface area (TPSA) is 81.2 Å². The third-order valence-electron chi connectivity index (χ3n) is 8.98. The molecular formula is C34H40BrN3O4S. The predicted molar refractivity (Wildman–Crippen MR) is 176 cm³/mol. The second-order valence-electron chi connectivity index (χ2n) is 11.8. The number of aryl methyl sites for hydroxylation is 2. The minimum absolute atomic E-state index is 0.0283. The fourth-order valence-corrected chi connectivity index (χ4v) is 10.8. The number of hydrogen-bond acceptors (Lipinski definition) is 5. The van der Waals surface area contributed by atoms with Crippen molar-refractivity contribution in [2.24, 2.45) is 11.8 Å². The number of fused-ring (bicyclic) bond motifs is 1. The third kappa shape index (κ3) is 5.60. The molecule has 0 aromatic heterocycles. The Labute approximate surface area is 267 Å². The summed E-state index contributed by atoms with van der Waals surface area (Å²) in [5.41, 5.74) is 3.78. The Balaban J connectivity index is 1.56. The lowest BCUT2D eigenvalue weighted by atomic mass is 9.70. The zero-order valence-corrected chi connectivity index (χ0v) is 27.2. The molecule has 3 heterocycles. The molecule has 3 saturated heterocycles. The van der Waals surface area contributed by atoms with Gasteiger partial charge in [-0.25, -0.2) is 0 Å². The number of amides is 3. The Morgan fingerprint density at radius 2 is 1.84 bits per heavy atom. The molecule has 3 aliphatic heterocycles. The molecule has 6 atom stereocenters. The van der Waals surface area contributed by atoms with Crippen molar-refractivity contribution >= 4 is 51.1 Å². The van der Waals surface area contributed by atoms with Crippen LogP contribution in [0.2, 0.25) is 0 Å². The van der Waals surface area contributed by atoms with Gasteiger partial charge in [-0.15, -0.1) is 24.9 Å². The number of benzene rings is 2. The molecule has 228 valence electrons. The van der Waals surface area contributed by atoms with Gasteiger partial charge in [0.2, 0.25) is 11.8 Å². The second-order valence-corrected chi connectivity index (χ2v) is 14.5. The molecule has 43 heavy (non-hydrogen) atoms. The minimum atomic E-state index is -0.772. The molecule has 9 heteroatoms. The minimum Gasteiger partial charge on any atom is -0.396 e. The highest BCUT2D eigenvalue weighted by Gasteiger charge is 2.76. The number of carbonyl (C=O) groups excluding carboxylic acids is 3. The Morgan fingerprint density at radius 3 is 2.51 bits per heavy atom. The van der Waals surface area contributed by atoms with Crippen LogP contribution in [0.15, 0.2) is 73.8 Å². The maximum Gasteiger partial charge on any atom is 0.251 e. The average Bonchev–Trinajstić information content (AvgIpc) is 3.59. The molecule has 0 saturated carbocycles. The molecule has 1 N–H and O–H groups in total. The van der Waals surface area contributed by atoms with Crippen molar-refractivity contribution < 1.29 is 19.5 Å². The standard InChI is InChI=1S/C34H40BrN3O4S/c1-5-15-36(21-24-11-8-7-9-12-24)31(40)27-28-32(41)38(17-10-18-39)30(34(28)20-25(35)29(27)43-34)33(42)37(16-6-2)26-19-22(3)13-14-23(26)4/h5-9,11-14,19,25,27-30,39H,1-2,10,15-18,20-21H2,3-4H3/t25?,27-,28+,29-,30?,34?/m1/s1. The molecule has 2 bridgehead atoms. The van der Waals surface area contributed by atoms with Gasteiger partial charge in [0, 0.05) is 48.6 Å². The largest absolute Gasteiger partial charge is 0.396 e. The molecule has 2 aromatic carbocycles. The van der Waals surface area contributed by atoms with E-state index < -0.39 is 22.6 Å². The average molecular weight is 667 g/mol. The summed E-state index contributed by atoms with van der Waals surface area (Å²) in [6, 6.07) is 15.1. The van der Waals surface area contributed by atoms with Gasteiger partial charge in [-0.2, -0.15) is 0 Å². The number of halogens is 1. The van der Waals surface area contributed by atoms with Crippen LogP contribution in [0.4, 0.5) is 5.69 Å². The summed E-state index contributed by atoms with van der Waals surface area (Å²) in [6.07, 6.45) is 4.38. The van der Waals surface area contributed by atoms with Gasteiger partial charge in [0.05, 0.1) is 16.6 Å². The molecular weight excluding hydrogens is 626 g/mol. The summed E-state index contributed by atoms with van der Waals surface area (Å²) in [7, 11) is 0. The summed E-state index contributed by atoms with van der Waals surface area (Å²) in [4.78, 5) is 48.8. The number of nitrogens with zero attached hydrogens (tertiary/aromatic N) is 3. The molecule has 0 radical (unpaired) electrons. The van der Waals surface area contributed by atoms with Crippen molar-refractivity contribution in [1.82, 2.24) is 9.80 Å². The number of rotatable bonds is 12. The molecule has 3 fully saturated rings. The van der Waals surface area contributed by atoms with Gasteiger partial charge in [0.15, 0.2) is 0 Å². The van der Waals surface area contributed by atoms with Crippen LogP contribution in [-0.4, -0.2) is 79.7 Å². The number of thioether (sulfide) groups is 1. The van der Waals surface area contributed by atoms with Gasteiger partial charge in [-0.05, 0) is 49.4 Å². The fourth-order valence-electron chi connectivity index (χ4n) is 7.17. The molecule has 3 amide bonds. The summed E-state index contributed by atoms with van der Waals surface area (Å²) in [5.74, 6) is -1.64. The SMILES string of the molecule is C=CCN(Cc1ccccc1)C(=O)[C@H]1[C@@H]2SC3(CC2Br)C(C(=O)N(CC=C)c2cc(C)ccc2C)N(CCCO)C(=O)[C@H]13. The predicted octanol–water partition coefficient (Wildman–Crippen LogP) is 4.88. The van der Waals surface area contributed by atoms with Gasteiger partial charge in [0.1, 0.15) is 6.04 Å². The highest BCUT2D eigenvalue weighted by molar-refractivity contribution is 9.09. The van der Waals surface area contributed by atoms with E-state index >= 15 is 0 Å². The van der Waals surface area contributed by atoms with E-state index in [9.17, 15) is 19.5 Å². The number of aliphatic hydroxyl groups excluding tert-OH is 1. The van der Waals surface area contributed by atoms with E-state index in [0.717, 1.165) is 22.4 Å². The Hall–Kier alpha value is -2.88. The number of carbonyl (C=O) groups is 3. The third-order valence-corrected chi connectivity index (χ3v) is 12.2. The highest BCUT2D eigenvalue weighted by atomic mass is 79.9. The number of hydrogen-bond donors (Lipinski definition) is 1. The van der Waals surface area contributed by atoms with E-state index in [-0.39, 0.29) is 41.0 Å². The van der Waals surface area contributed by atoms with E-state index in [1.54, 1.807) is 38.6 Å². The second kappa shape index (κ2) is 13.0. The van der Waals surface area contributed by atoms with Crippen molar-refractivity contribution in [3.8, 4) is 0 Å². The lowest BCUT2D eigenvalue weighted by molar-refractivity contribution is -0.144. The molecule has 0 aliphatic carbocycles. The summed E-state index contributed by atoms with van der Waals surface area (Å²) in [5, 5.41) is 9.59. The van der Waals surface area contributed by atoms with E-state index in [0.29, 0.717) is 32.5 Å². The summed E-state index contributed by atoms with van der Waals surface area (Å²) < 4.78 is -0.771. The first-order chi connectivity index (χ1) is 20.7. The normalized spacial score (nSPS) is 27.2. The van der Waals surface area contributed by atoms with Gasteiger partial charge in [-0.1, -0.05) is 70.5 Å². The Bertz CT molecular complexity index is 1400. The van der Waals surface area contributed by atoms with Crippen molar-refractivity contribution in [3.05, 3.63) is 90.5 Å². The van der Waals surface area contributed by atoms with Crippen molar-refractivity contribution in [3.63, 3.8) is 0 Å². The molecule has 3 aliphatic rings. The van der Waals surface area contributed by atoms with E-state index in [2.05, 4.69) is 29.1 Å². The maximum atomic E-state index is 14.8. The van der Waals surface area contributed by atoms with Crippen LogP contribution in [0.1, 0.15) is 29.5 Å². The lowest BCUT2D eigenvalue weighted by Crippen LogP contribution is -2.56. The van der Waals surface area contributed by atoms with Crippen molar-refractivity contribution in [1.29, 1.82) is 0 Å². The van der Waals surface area contributed by atoms with Crippen LogP contribution in [0, 0.1) is 25.7 Å². The molecule has 3 unspecified atom stereocenters. The van der Waals surface area contributed by atoms with Gasteiger partial charge in [0.25, 0.3) is 5.91 Å². The maximum absolute atomic E-state index is 14.8. The summed E-state index contributed by atoms with van der Waals surface area (Å²) >= 11 is 5.50. The van der Waals surface area contributed by atoms with Gasteiger partial charge >= 0.3 is 0 Å². The van der Waals surface area contributed by atoms with Crippen LogP contribution in [-0.2, 0) is 20.9 Å². The smallest absolute Gasteiger partial charge is 0.251 e. The Morgan fingerprint density at radius 1 is 1.12 bits per heavy atom. The number of likely N-dealkylation sites (tertiary alicyclic amines) is 1. The fraction of sp³-hybridized carbons (Fsp3) is 0.441. The first kappa shape index (κ1) is 31.5. The zero-order valence-electron chi connectivity index (χ0n) is 24.8. The molecule has 2 aromatic rings. The van der Waals surface area contributed by atoms with E-state index in [1.165, 1.54) is 0 Å². The number of aliphatic hydroxyl groups is 1. The molecule has 7 nitrogen and oxygen atoms in total. The zero-order chi connectivity index (χ0) is 30.9. The highest BCUT2D eigenvalue weighted by Crippen LogP contribution is 2.68. The number of alkyl halides is 1. The van der Waals surface area contributed by atoms with Crippen LogP contribution in [0.5, 0.6) is 0 Å². The van der Waals surface area contributed by atoms with Gasteiger partial charge in [-0.3, -0.25) is 14.4 Å². The monoisotopic (exact) mass is 665 g/mol. The van der Waals surface area contributed by atoms with E-state index in [4.69, 9.17) is 0 Å².